The third-order valence-corrected chi connectivity index (χ3v) is 4.47. The average Bonchev–Trinajstić information content (AvgIpc) is 2.68. The average molecular weight is 285 g/mol. The summed E-state index contributed by atoms with van der Waals surface area (Å²) in [4.78, 5) is 1.35. The number of hydrogen-bond donors (Lipinski definition) is 0. The van der Waals surface area contributed by atoms with Gasteiger partial charge in [0.15, 0.2) is 0 Å². The van der Waals surface area contributed by atoms with E-state index >= 15 is 0 Å². The van der Waals surface area contributed by atoms with Crippen molar-refractivity contribution in [1.29, 1.82) is 0 Å². The van der Waals surface area contributed by atoms with Gasteiger partial charge in [0.2, 0.25) is 0 Å². The van der Waals surface area contributed by atoms with E-state index in [1.807, 2.05) is 11.6 Å². The fourth-order valence-electron chi connectivity index (χ4n) is 1.58. The molecule has 2 heterocycles. The van der Waals surface area contributed by atoms with Crippen molar-refractivity contribution in [1.82, 2.24) is 9.78 Å². The Labute approximate surface area is 102 Å². The molecular weight excluding hydrogens is 272 g/mol. The van der Waals surface area contributed by atoms with E-state index < -0.39 is 0 Å². The second kappa shape index (κ2) is 4.10. The van der Waals surface area contributed by atoms with Crippen molar-refractivity contribution in [2.45, 2.75) is 27.3 Å². The molecule has 0 aliphatic heterocycles. The van der Waals surface area contributed by atoms with Crippen LogP contribution in [0.4, 0.5) is 0 Å². The predicted octanol–water partition coefficient (Wildman–Crippen LogP) is 3.68. The number of halogens is 1. The van der Waals surface area contributed by atoms with Gasteiger partial charge in [-0.2, -0.15) is 5.10 Å². The van der Waals surface area contributed by atoms with Gasteiger partial charge in [-0.05, 0) is 53.7 Å². The minimum Gasteiger partial charge on any atom is -0.264 e. The first-order valence-corrected chi connectivity index (χ1v) is 6.48. The first-order chi connectivity index (χ1) is 7.08. The van der Waals surface area contributed by atoms with Crippen LogP contribution in [0.25, 0.3) is 0 Å². The van der Waals surface area contributed by atoms with Gasteiger partial charge in [-0.25, -0.2) is 0 Å². The van der Waals surface area contributed by atoms with Crippen LogP contribution in [-0.2, 0) is 6.54 Å². The molecule has 0 fully saturated rings. The van der Waals surface area contributed by atoms with Gasteiger partial charge in [-0.1, -0.05) is 0 Å². The lowest BCUT2D eigenvalue weighted by Gasteiger charge is -2.01. The van der Waals surface area contributed by atoms with Gasteiger partial charge >= 0.3 is 0 Å². The number of rotatable bonds is 2. The number of hydrogen-bond acceptors (Lipinski definition) is 2. The molecule has 15 heavy (non-hydrogen) atoms. The third kappa shape index (κ3) is 2.16. The van der Waals surface area contributed by atoms with Gasteiger partial charge in [0.05, 0.1) is 22.4 Å². The van der Waals surface area contributed by atoms with Crippen LogP contribution in [0.1, 0.15) is 21.8 Å². The summed E-state index contributed by atoms with van der Waals surface area (Å²) in [6, 6.07) is 2.22. The summed E-state index contributed by atoms with van der Waals surface area (Å²) in [7, 11) is 0. The monoisotopic (exact) mass is 284 g/mol. The standard InChI is InChI=1S/C11H13BrN2S/c1-7-4-10(6-15-7)5-14-9(3)11(12)8(2)13-14/h4,6H,5H2,1-3H3. The fraction of sp³-hybridized carbons (Fsp3) is 0.364. The Balaban J connectivity index is 2.28. The molecule has 0 amide bonds. The molecule has 0 aliphatic rings. The fourth-order valence-corrected chi connectivity index (χ4v) is 2.57. The Morgan fingerprint density at radius 3 is 2.60 bits per heavy atom. The molecule has 0 bridgehead atoms. The first kappa shape index (κ1) is 10.9. The van der Waals surface area contributed by atoms with Crippen molar-refractivity contribution in [3.8, 4) is 0 Å². The largest absolute Gasteiger partial charge is 0.264 e. The Hall–Kier alpha value is -0.610. The number of aromatic nitrogens is 2. The minimum absolute atomic E-state index is 0.864. The van der Waals surface area contributed by atoms with Crippen LogP contribution < -0.4 is 0 Å². The van der Waals surface area contributed by atoms with E-state index in [-0.39, 0.29) is 0 Å². The zero-order chi connectivity index (χ0) is 11.0. The Morgan fingerprint density at radius 1 is 1.40 bits per heavy atom. The first-order valence-electron chi connectivity index (χ1n) is 4.81. The normalized spacial score (nSPS) is 10.9. The Morgan fingerprint density at radius 2 is 2.13 bits per heavy atom. The molecule has 0 saturated heterocycles. The Kier molecular flexibility index (Phi) is 2.98. The van der Waals surface area contributed by atoms with E-state index in [0.29, 0.717) is 0 Å². The summed E-state index contributed by atoms with van der Waals surface area (Å²) in [6.45, 7) is 7.10. The van der Waals surface area contributed by atoms with E-state index in [4.69, 9.17) is 0 Å². The molecule has 0 aromatic carbocycles. The van der Waals surface area contributed by atoms with Crippen LogP contribution >= 0.6 is 27.3 Å². The summed E-state index contributed by atoms with van der Waals surface area (Å²) < 4.78 is 3.16. The topological polar surface area (TPSA) is 17.8 Å². The van der Waals surface area contributed by atoms with Gasteiger partial charge in [-0.3, -0.25) is 4.68 Å². The van der Waals surface area contributed by atoms with Gasteiger partial charge in [-0.15, -0.1) is 11.3 Å². The molecule has 2 aromatic heterocycles. The molecule has 2 rings (SSSR count). The highest BCUT2D eigenvalue weighted by atomic mass is 79.9. The van der Waals surface area contributed by atoms with Crippen LogP contribution in [0.3, 0.4) is 0 Å². The summed E-state index contributed by atoms with van der Waals surface area (Å²) in [5, 5.41) is 6.68. The van der Waals surface area contributed by atoms with Crippen LogP contribution in [0.2, 0.25) is 0 Å². The summed E-state index contributed by atoms with van der Waals surface area (Å²) in [6.07, 6.45) is 0. The molecule has 0 unspecified atom stereocenters. The summed E-state index contributed by atoms with van der Waals surface area (Å²) in [5.41, 5.74) is 3.58. The maximum absolute atomic E-state index is 4.49. The van der Waals surface area contributed by atoms with Crippen molar-refractivity contribution < 1.29 is 0 Å². The highest BCUT2D eigenvalue weighted by molar-refractivity contribution is 9.10. The zero-order valence-electron chi connectivity index (χ0n) is 9.04. The second-order valence-corrected chi connectivity index (χ2v) is 5.62. The van der Waals surface area contributed by atoms with E-state index in [1.165, 1.54) is 16.1 Å². The van der Waals surface area contributed by atoms with Crippen molar-refractivity contribution in [2.75, 3.05) is 0 Å². The van der Waals surface area contributed by atoms with Gasteiger partial charge in [0.25, 0.3) is 0 Å². The molecule has 0 radical (unpaired) electrons. The molecular formula is C11H13BrN2S. The molecule has 4 heteroatoms. The second-order valence-electron chi connectivity index (χ2n) is 3.71. The smallest absolute Gasteiger partial charge is 0.0738 e. The maximum atomic E-state index is 4.49. The number of thiophene rings is 1. The molecule has 2 aromatic rings. The zero-order valence-corrected chi connectivity index (χ0v) is 11.4. The molecule has 0 saturated carbocycles. The van der Waals surface area contributed by atoms with Crippen LogP contribution in [0.5, 0.6) is 0 Å². The lowest BCUT2D eigenvalue weighted by molar-refractivity contribution is 0.660. The molecule has 2 nitrogen and oxygen atoms in total. The lowest BCUT2D eigenvalue weighted by atomic mass is 10.3. The van der Waals surface area contributed by atoms with Crippen LogP contribution in [-0.4, -0.2) is 9.78 Å². The van der Waals surface area contributed by atoms with Gasteiger partial charge < -0.3 is 0 Å². The van der Waals surface area contributed by atoms with Crippen molar-refractivity contribution >= 4 is 27.3 Å². The Bertz CT molecular complexity index is 485. The third-order valence-electron chi connectivity index (χ3n) is 2.41. The van der Waals surface area contributed by atoms with Crippen LogP contribution in [0.15, 0.2) is 15.9 Å². The highest BCUT2D eigenvalue weighted by Gasteiger charge is 2.09. The number of aryl methyl sites for hydroxylation is 2. The maximum Gasteiger partial charge on any atom is 0.0738 e. The van der Waals surface area contributed by atoms with E-state index in [9.17, 15) is 0 Å². The van der Waals surface area contributed by atoms with E-state index in [0.717, 1.165) is 16.7 Å². The number of nitrogens with zero attached hydrogens (tertiary/aromatic N) is 2. The molecule has 0 N–H and O–H groups in total. The van der Waals surface area contributed by atoms with Crippen LogP contribution in [0, 0.1) is 20.8 Å². The minimum atomic E-state index is 0.864. The molecule has 80 valence electrons. The lowest BCUT2D eigenvalue weighted by Crippen LogP contribution is -2.02. The SMILES string of the molecule is Cc1cc(Cn2nc(C)c(Br)c2C)cs1. The van der Waals surface area contributed by atoms with E-state index in [2.05, 4.69) is 46.3 Å². The van der Waals surface area contributed by atoms with Gasteiger partial charge in [0, 0.05) is 4.88 Å². The summed E-state index contributed by atoms with van der Waals surface area (Å²) in [5.74, 6) is 0. The highest BCUT2D eigenvalue weighted by Crippen LogP contribution is 2.21. The molecule has 0 atom stereocenters. The van der Waals surface area contributed by atoms with E-state index in [1.54, 1.807) is 11.3 Å². The van der Waals surface area contributed by atoms with Crippen molar-refractivity contribution in [2.24, 2.45) is 0 Å². The summed E-state index contributed by atoms with van der Waals surface area (Å²) >= 11 is 5.33. The quantitative estimate of drug-likeness (QED) is 0.823. The molecule has 0 aliphatic carbocycles. The predicted molar refractivity (Wildman–Crippen MR) is 67.6 cm³/mol. The van der Waals surface area contributed by atoms with Crippen molar-refractivity contribution in [3.05, 3.63) is 37.7 Å². The van der Waals surface area contributed by atoms with Gasteiger partial charge in [0.1, 0.15) is 0 Å². The van der Waals surface area contributed by atoms with Crippen molar-refractivity contribution in [3.63, 3.8) is 0 Å². The molecule has 0 spiro atoms.